The third kappa shape index (κ3) is 3.10. The van der Waals surface area contributed by atoms with Gasteiger partial charge in [0, 0.05) is 11.4 Å². The van der Waals surface area contributed by atoms with Crippen molar-refractivity contribution < 1.29 is 18.8 Å². The summed E-state index contributed by atoms with van der Waals surface area (Å²) in [6.45, 7) is 0. The number of carbonyl (C=O) groups excluding carboxylic acids is 3. The largest absolute Gasteiger partial charge is 0.369 e. The summed E-state index contributed by atoms with van der Waals surface area (Å²) in [6, 6.07) is 9.97. The molecule has 7 heteroatoms. The molecule has 0 radical (unpaired) electrons. The highest BCUT2D eigenvalue weighted by molar-refractivity contribution is 6.11. The number of nitrogens with one attached hydrogen (secondary N) is 2. The SMILES string of the molecule is NC(=O)C(C(=O)Nc1ccc2c(c1)NC(=O)C2)c1ccc(F)cc1. The first kappa shape index (κ1) is 15.7. The van der Waals surface area contributed by atoms with Crippen LogP contribution in [0.15, 0.2) is 42.5 Å². The lowest BCUT2D eigenvalue weighted by Crippen LogP contribution is -2.32. The van der Waals surface area contributed by atoms with Crippen LogP contribution < -0.4 is 16.4 Å². The smallest absolute Gasteiger partial charge is 0.241 e. The molecule has 0 bridgehead atoms. The summed E-state index contributed by atoms with van der Waals surface area (Å²) < 4.78 is 13.0. The van der Waals surface area contributed by atoms with Gasteiger partial charge in [0.05, 0.1) is 6.42 Å². The Bertz CT molecular complexity index is 833. The van der Waals surface area contributed by atoms with E-state index in [4.69, 9.17) is 5.73 Å². The maximum absolute atomic E-state index is 13.0. The Kier molecular flexibility index (Phi) is 3.99. The fraction of sp³-hybridized carbons (Fsp3) is 0.118. The molecule has 122 valence electrons. The zero-order valence-electron chi connectivity index (χ0n) is 12.5. The molecule has 2 aromatic carbocycles. The lowest BCUT2D eigenvalue weighted by atomic mass is 9.97. The van der Waals surface area contributed by atoms with Gasteiger partial charge in [-0.2, -0.15) is 0 Å². The highest BCUT2D eigenvalue weighted by atomic mass is 19.1. The van der Waals surface area contributed by atoms with Gasteiger partial charge in [-0.3, -0.25) is 14.4 Å². The maximum atomic E-state index is 13.0. The molecule has 0 spiro atoms. The van der Waals surface area contributed by atoms with Crippen molar-refractivity contribution in [2.75, 3.05) is 10.6 Å². The monoisotopic (exact) mass is 327 g/mol. The van der Waals surface area contributed by atoms with Crippen molar-refractivity contribution in [1.82, 2.24) is 0 Å². The number of nitrogens with two attached hydrogens (primary N) is 1. The molecule has 2 aromatic rings. The fourth-order valence-corrected chi connectivity index (χ4v) is 2.61. The van der Waals surface area contributed by atoms with Crippen LogP contribution in [-0.2, 0) is 20.8 Å². The molecule has 0 aliphatic carbocycles. The van der Waals surface area contributed by atoms with E-state index in [0.717, 1.165) is 17.7 Å². The lowest BCUT2D eigenvalue weighted by Gasteiger charge is -2.14. The average Bonchev–Trinajstić information content (AvgIpc) is 2.88. The van der Waals surface area contributed by atoms with Gasteiger partial charge in [0.1, 0.15) is 11.7 Å². The second-order valence-electron chi connectivity index (χ2n) is 5.47. The van der Waals surface area contributed by atoms with Crippen LogP contribution in [0.1, 0.15) is 17.0 Å². The van der Waals surface area contributed by atoms with Crippen LogP contribution >= 0.6 is 0 Å². The van der Waals surface area contributed by atoms with Crippen LogP contribution in [0.4, 0.5) is 15.8 Å². The average molecular weight is 327 g/mol. The summed E-state index contributed by atoms with van der Waals surface area (Å²) in [5, 5.41) is 5.27. The van der Waals surface area contributed by atoms with Gasteiger partial charge in [0.25, 0.3) is 0 Å². The predicted molar refractivity (Wildman–Crippen MR) is 85.7 cm³/mol. The molecular weight excluding hydrogens is 313 g/mol. The quantitative estimate of drug-likeness (QED) is 0.742. The molecule has 0 saturated heterocycles. The molecule has 3 amide bonds. The van der Waals surface area contributed by atoms with E-state index < -0.39 is 23.5 Å². The van der Waals surface area contributed by atoms with Crippen LogP contribution in [-0.4, -0.2) is 17.7 Å². The first-order valence-corrected chi connectivity index (χ1v) is 7.22. The number of carbonyl (C=O) groups is 3. The molecule has 0 aromatic heterocycles. The Labute approximate surface area is 136 Å². The molecule has 4 N–H and O–H groups in total. The summed E-state index contributed by atoms with van der Waals surface area (Å²) in [6.07, 6.45) is 0.295. The first-order valence-electron chi connectivity index (χ1n) is 7.22. The first-order chi connectivity index (χ1) is 11.4. The summed E-state index contributed by atoms with van der Waals surface area (Å²) >= 11 is 0. The zero-order valence-corrected chi connectivity index (χ0v) is 12.5. The summed E-state index contributed by atoms with van der Waals surface area (Å²) in [4.78, 5) is 35.4. The number of hydrogen-bond donors (Lipinski definition) is 3. The van der Waals surface area contributed by atoms with E-state index in [1.54, 1.807) is 18.2 Å². The predicted octanol–water partition coefficient (Wildman–Crippen LogP) is 1.53. The van der Waals surface area contributed by atoms with Crippen LogP contribution in [0.2, 0.25) is 0 Å². The maximum Gasteiger partial charge on any atom is 0.241 e. The van der Waals surface area contributed by atoms with Crippen molar-refractivity contribution in [2.24, 2.45) is 5.73 Å². The number of amides is 3. The van der Waals surface area contributed by atoms with Gasteiger partial charge in [-0.15, -0.1) is 0 Å². The molecule has 1 aliphatic heterocycles. The Morgan fingerprint density at radius 1 is 1.17 bits per heavy atom. The second-order valence-corrected chi connectivity index (χ2v) is 5.47. The minimum atomic E-state index is -1.24. The lowest BCUT2D eigenvalue weighted by molar-refractivity contribution is -0.127. The highest BCUT2D eigenvalue weighted by Gasteiger charge is 2.27. The third-order valence-electron chi connectivity index (χ3n) is 3.75. The minimum absolute atomic E-state index is 0.116. The number of fused-ring (bicyclic) bond motifs is 1. The highest BCUT2D eigenvalue weighted by Crippen LogP contribution is 2.27. The van der Waals surface area contributed by atoms with Crippen molar-refractivity contribution in [3.05, 3.63) is 59.4 Å². The number of hydrogen-bond acceptors (Lipinski definition) is 3. The van der Waals surface area contributed by atoms with Gasteiger partial charge >= 0.3 is 0 Å². The Hall–Kier alpha value is -3.22. The molecule has 3 rings (SSSR count). The molecule has 0 fully saturated rings. The standard InChI is InChI=1S/C17H14FN3O3/c18-11-4-1-9(2-5-11)15(16(19)23)17(24)20-12-6-3-10-7-14(22)21-13(10)8-12/h1-6,8,15H,7H2,(H2,19,23)(H,20,24)(H,21,22). The van der Waals surface area contributed by atoms with Crippen LogP contribution in [0.5, 0.6) is 0 Å². The normalized spacial score (nSPS) is 13.8. The van der Waals surface area contributed by atoms with Crippen molar-refractivity contribution in [3.63, 3.8) is 0 Å². The van der Waals surface area contributed by atoms with E-state index in [1.807, 2.05) is 0 Å². The zero-order chi connectivity index (χ0) is 17.3. The van der Waals surface area contributed by atoms with Crippen molar-refractivity contribution in [3.8, 4) is 0 Å². The number of benzene rings is 2. The van der Waals surface area contributed by atoms with Gasteiger partial charge in [-0.1, -0.05) is 18.2 Å². The molecular formula is C17H14FN3O3. The summed E-state index contributed by atoms with van der Waals surface area (Å²) in [5.41, 5.74) is 7.50. The summed E-state index contributed by atoms with van der Waals surface area (Å²) in [7, 11) is 0. The Morgan fingerprint density at radius 2 is 1.88 bits per heavy atom. The van der Waals surface area contributed by atoms with E-state index >= 15 is 0 Å². The van der Waals surface area contributed by atoms with E-state index in [9.17, 15) is 18.8 Å². The number of rotatable bonds is 4. The van der Waals surface area contributed by atoms with Crippen LogP contribution in [0, 0.1) is 5.82 Å². The molecule has 1 aliphatic rings. The van der Waals surface area contributed by atoms with Gasteiger partial charge in [0.15, 0.2) is 0 Å². The van der Waals surface area contributed by atoms with Crippen molar-refractivity contribution in [1.29, 1.82) is 0 Å². The van der Waals surface area contributed by atoms with Gasteiger partial charge in [-0.25, -0.2) is 4.39 Å². The summed E-state index contributed by atoms with van der Waals surface area (Å²) in [5.74, 6) is -3.30. The molecule has 1 atom stereocenters. The third-order valence-corrected chi connectivity index (χ3v) is 3.75. The molecule has 0 saturated carbocycles. The Morgan fingerprint density at radius 3 is 2.54 bits per heavy atom. The van der Waals surface area contributed by atoms with Gasteiger partial charge in [-0.05, 0) is 35.4 Å². The molecule has 24 heavy (non-hydrogen) atoms. The van der Waals surface area contributed by atoms with Crippen molar-refractivity contribution >= 4 is 29.1 Å². The molecule has 1 heterocycles. The fourth-order valence-electron chi connectivity index (χ4n) is 2.61. The minimum Gasteiger partial charge on any atom is -0.369 e. The molecule has 1 unspecified atom stereocenters. The van der Waals surface area contributed by atoms with Gasteiger partial charge < -0.3 is 16.4 Å². The number of anilines is 2. The topological polar surface area (TPSA) is 101 Å². The van der Waals surface area contributed by atoms with E-state index in [0.29, 0.717) is 23.4 Å². The second kappa shape index (κ2) is 6.11. The van der Waals surface area contributed by atoms with E-state index in [1.165, 1.54) is 12.1 Å². The van der Waals surface area contributed by atoms with Crippen molar-refractivity contribution in [2.45, 2.75) is 12.3 Å². The van der Waals surface area contributed by atoms with Crippen LogP contribution in [0.3, 0.4) is 0 Å². The number of halogens is 1. The van der Waals surface area contributed by atoms with E-state index in [-0.39, 0.29) is 5.91 Å². The van der Waals surface area contributed by atoms with Gasteiger partial charge in [0.2, 0.25) is 17.7 Å². The van der Waals surface area contributed by atoms with Crippen LogP contribution in [0.25, 0.3) is 0 Å². The van der Waals surface area contributed by atoms with E-state index in [2.05, 4.69) is 10.6 Å². The Balaban J connectivity index is 1.82. The number of primary amides is 1. The molecule has 6 nitrogen and oxygen atoms in total.